The van der Waals surface area contributed by atoms with Crippen LogP contribution < -0.4 is 22.8 Å². The first kappa shape index (κ1) is 10.6. The summed E-state index contributed by atoms with van der Waals surface area (Å²) in [6.07, 6.45) is 0. The van der Waals surface area contributed by atoms with Gasteiger partial charge >= 0.3 is 0 Å². The first-order valence-corrected chi connectivity index (χ1v) is 4.17. The van der Waals surface area contributed by atoms with E-state index in [9.17, 15) is 0 Å². The van der Waals surface area contributed by atoms with E-state index in [1.807, 2.05) is 43.4 Å². The van der Waals surface area contributed by atoms with Crippen LogP contribution in [0.5, 0.6) is 0 Å². The van der Waals surface area contributed by atoms with Gasteiger partial charge in [-0.2, -0.15) is 4.68 Å². The van der Waals surface area contributed by atoms with Crippen molar-refractivity contribution in [1.29, 1.82) is 0 Å². The van der Waals surface area contributed by atoms with E-state index in [0.29, 0.717) is 0 Å². The molecule has 0 fully saturated rings. The minimum Gasteiger partial charge on any atom is -1.00 e. The Bertz CT molecular complexity index is 389. The fraction of sp³-hybridized carbons (Fsp3) is 0.100. The second kappa shape index (κ2) is 4.15. The van der Waals surface area contributed by atoms with Crippen LogP contribution in [0, 0.1) is 0 Å². The predicted molar refractivity (Wildman–Crippen MR) is 51.8 cm³/mol. The number of nitrogens with two attached hydrogens (primary N) is 1. The molecule has 0 unspecified atom stereocenters. The van der Waals surface area contributed by atoms with Crippen LogP contribution in [0.1, 0.15) is 0 Å². The normalized spacial score (nSPS) is 9.50. The zero-order valence-electron chi connectivity index (χ0n) is 7.87. The molecule has 2 rings (SSSR count). The molecule has 4 heteroatoms. The quantitative estimate of drug-likeness (QED) is 0.530. The summed E-state index contributed by atoms with van der Waals surface area (Å²) in [4.78, 5) is 0. The van der Waals surface area contributed by atoms with Crippen molar-refractivity contribution in [2.75, 3.05) is 5.73 Å². The number of benzene rings is 1. The standard InChI is InChI=1S/C10H11N3.ClH/c1-13-10(11)7-9(12-13)8-5-3-2-4-6-8;/h2-7H,1H3,(H2,11,12);1H. The van der Waals surface area contributed by atoms with E-state index in [4.69, 9.17) is 5.73 Å². The Balaban J connectivity index is 0.000000980. The van der Waals surface area contributed by atoms with Crippen molar-refractivity contribution in [1.82, 2.24) is 5.10 Å². The molecule has 0 aliphatic heterocycles. The van der Waals surface area contributed by atoms with Crippen molar-refractivity contribution in [3.05, 3.63) is 36.4 Å². The van der Waals surface area contributed by atoms with Crippen LogP contribution in [0.4, 0.5) is 5.82 Å². The van der Waals surface area contributed by atoms with Crippen molar-refractivity contribution in [3.8, 4) is 11.3 Å². The van der Waals surface area contributed by atoms with Gasteiger partial charge in [0.1, 0.15) is 7.05 Å². The van der Waals surface area contributed by atoms with Gasteiger partial charge in [0, 0.05) is 5.56 Å². The Morgan fingerprint density at radius 2 is 1.86 bits per heavy atom. The molecule has 3 nitrogen and oxygen atoms in total. The van der Waals surface area contributed by atoms with Crippen molar-refractivity contribution in [2.24, 2.45) is 7.05 Å². The van der Waals surface area contributed by atoms with Crippen LogP contribution in [0.3, 0.4) is 0 Å². The average Bonchev–Trinajstić information content (AvgIpc) is 2.49. The lowest BCUT2D eigenvalue weighted by atomic mass is 10.2. The number of anilines is 1. The highest BCUT2D eigenvalue weighted by atomic mass is 35.5. The van der Waals surface area contributed by atoms with E-state index in [0.717, 1.165) is 17.1 Å². The zero-order chi connectivity index (χ0) is 9.26. The SMILES string of the molecule is C[n+]1[nH]c(-c2ccccc2)cc1N.[Cl-]. The molecule has 1 aromatic heterocycles. The van der Waals surface area contributed by atoms with Crippen molar-refractivity contribution >= 4 is 5.82 Å². The molecule has 74 valence electrons. The first-order chi connectivity index (χ1) is 6.27. The molecule has 0 atom stereocenters. The summed E-state index contributed by atoms with van der Waals surface area (Å²) in [5, 5.41) is 3.15. The van der Waals surface area contributed by atoms with Gasteiger partial charge < -0.3 is 12.4 Å². The maximum Gasteiger partial charge on any atom is 0.293 e. The topological polar surface area (TPSA) is 45.7 Å². The number of nitrogens with zero attached hydrogens (tertiary/aromatic N) is 1. The second-order valence-corrected chi connectivity index (χ2v) is 3.02. The van der Waals surface area contributed by atoms with Crippen LogP contribution in [0.15, 0.2) is 36.4 Å². The molecule has 0 saturated heterocycles. The van der Waals surface area contributed by atoms with Crippen molar-refractivity contribution in [2.45, 2.75) is 0 Å². The fourth-order valence-electron chi connectivity index (χ4n) is 1.29. The first-order valence-electron chi connectivity index (χ1n) is 4.17. The Morgan fingerprint density at radius 1 is 1.21 bits per heavy atom. The zero-order valence-corrected chi connectivity index (χ0v) is 8.62. The predicted octanol–water partition coefficient (Wildman–Crippen LogP) is -1.91. The van der Waals surface area contributed by atoms with Gasteiger partial charge in [-0.3, -0.25) is 5.73 Å². The number of halogens is 1. The summed E-state index contributed by atoms with van der Waals surface area (Å²) in [6.45, 7) is 0. The smallest absolute Gasteiger partial charge is 0.293 e. The average molecular weight is 210 g/mol. The summed E-state index contributed by atoms with van der Waals surface area (Å²) < 4.78 is 1.79. The Labute approximate surface area is 89.0 Å². The lowest BCUT2D eigenvalue weighted by Crippen LogP contribution is -3.00. The number of nitrogens with one attached hydrogen (secondary N) is 1. The molecule has 1 aromatic carbocycles. The molecule has 0 aliphatic carbocycles. The summed E-state index contributed by atoms with van der Waals surface area (Å²) in [5.74, 6) is 0.735. The van der Waals surface area contributed by atoms with Gasteiger partial charge in [-0.1, -0.05) is 30.3 Å². The third-order valence-corrected chi connectivity index (χ3v) is 2.05. The minimum absolute atomic E-state index is 0. The van der Waals surface area contributed by atoms with Crippen LogP contribution in [0.25, 0.3) is 11.3 Å². The van der Waals surface area contributed by atoms with Gasteiger partial charge in [-0.05, 0) is 0 Å². The number of nitrogen functional groups attached to an aromatic ring is 1. The molecule has 0 bridgehead atoms. The molecule has 2 aromatic rings. The second-order valence-electron chi connectivity index (χ2n) is 3.02. The highest BCUT2D eigenvalue weighted by molar-refractivity contribution is 5.60. The van der Waals surface area contributed by atoms with Gasteiger partial charge in [0.2, 0.25) is 0 Å². The minimum atomic E-state index is 0. The van der Waals surface area contributed by atoms with Gasteiger partial charge in [-0.25, -0.2) is 5.10 Å². The van der Waals surface area contributed by atoms with Crippen LogP contribution in [0.2, 0.25) is 0 Å². The Morgan fingerprint density at radius 3 is 2.36 bits per heavy atom. The fourth-order valence-corrected chi connectivity index (χ4v) is 1.29. The number of aromatic amines is 1. The van der Waals surface area contributed by atoms with Gasteiger partial charge in [0.15, 0.2) is 0 Å². The lowest BCUT2D eigenvalue weighted by Gasteiger charge is -1.93. The molecular weight excluding hydrogens is 198 g/mol. The number of H-pyrrole nitrogens is 1. The molecule has 1 heterocycles. The number of hydrogen-bond donors (Lipinski definition) is 2. The molecule has 0 saturated carbocycles. The summed E-state index contributed by atoms with van der Waals surface area (Å²) in [6, 6.07) is 12.0. The molecule has 0 amide bonds. The van der Waals surface area contributed by atoms with Crippen molar-refractivity contribution < 1.29 is 17.1 Å². The van der Waals surface area contributed by atoms with Crippen LogP contribution >= 0.6 is 0 Å². The third kappa shape index (κ3) is 1.88. The summed E-state index contributed by atoms with van der Waals surface area (Å²) in [7, 11) is 1.89. The lowest BCUT2D eigenvalue weighted by molar-refractivity contribution is -0.712. The molecule has 0 radical (unpaired) electrons. The third-order valence-electron chi connectivity index (χ3n) is 2.05. The van der Waals surface area contributed by atoms with Crippen molar-refractivity contribution in [3.63, 3.8) is 0 Å². The maximum atomic E-state index is 5.71. The van der Waals surface area contributed by atoms with Gasteiger partial charge in [0.05, 0.1) is 11.8 Å². The maximum absolute atomic E-state index is 5.71. The van der Waals surface area contributed by atoms with E-state index >= 15 is 0 Å². The van der Waals surface area contributed by atoms with Gasteiger partial charge in [-0.15, -0.1) is 0 Å². The van der Waals surface area contributed by atoms with E-state index < -0.39 is 0 Å². The molecule has 3 N–H and O–H groups in total. The monoisotopic (exact) mass is 209 g/mol. The number of aromatic nitrogens is 2. The van der Waals surface area contributed by atoms with Crippen LogP contribution in [-0.4, -0.2) is 5.10 Å². The largest absolute Gasteiger partial charge is 1.00 e. The Hall–Kier alpha value is -1.48. The molecular formula is C10H12ClN3. The molecule has 14 heavy (non-hydrogen) atoms. The molecule has 0 aliphatic rings. The van der Waals surface area contributed by atoms with E-state index in [-0.39, 0.29) is 12.4 Å². The number of hydrogen-bond acceptors (Lipinski definition) is 1. The highest BCUT2D eigenvalue weighted by Gasteiger charge is 2.06. The highest BCUT2D eigenvalue weighted by Crippen LogP contribution is 2.16. The summed E-state index contributed by atoms with van der Waals surface area (Å²) in [5.41, 5.74) is 7.90. The molecule has 0 spiro atoms. The van der Waals surface area contributed by atoms with Gasteiger partial charge in [0.25, 0.3) is 5.82 Å². The Kier molecular flexibility index (Phi) is 3.14. The van der Waals surface area contributed by atoms with E-state index in [2.05, 4.69) is 5.10 Å². The van der Waals surface area contributed by atoms with E-state index in [1.165, 1.54) is 0 Å². The number of aryl methyl sites for hydroxylation is 1. The summed E-state index contributed by atoms with van der Waals surface area (Å²) >= 11 is 0. The van der Waals surface area contributed by atoms with Crippen LogP contribution in [-0.2, 0) is 7.05 Å². The van der Waals surface area contributed by atoms with E-state index in [1.54, 1.807) is 4.68 Å². The number of rotatable bonds is 1.